The third-order valence-electron chi connectivity index (χ3n) is 4.08. The van der Waals surface area contributed by atoms with Crippen molar-refractivity contribution in [1.82, 2.24) is 0 Å². The van der Waals surface area contributed by atoms with Gasteiger partial charge in [0.1, 0.15) is 0 Å². The first-order valence-corrected chi connectivity index (χ1v) is 7.63. The van der Waals surface area contributed by atoms with Crippen molar-refractivity contribution in [2.45, 2.75) is 73.8 Å². The van der Waals surface area contributed by atoms with E-state index in [2.05, 4.69) is 71.1 Å². The fraction of sp³-hybridized carbons (Fsp3) is 0.667. The number of hydrogen-bond acceptors (Lipinski definition) is 1. The second-order valence-corrected chi connectivity index (χ2v) is 6.25. The molecule has 0 aliphatic carbocycles. The third-order valence-corrected chi connectivity index (χ3v) is 4.08. The van der Waals surface area contributed by atoms with E-state index in [0.29, 0.717) is 0 Å². The fourth-order valence-corrected chi connectivity index (χ4v) is 2.10. The summed E-state index contributed by atoms with van der Waals surface area (Å²) in [6, 6.07) is 8.65. The lowest BCUT2D eigenvalue weighted by molar-refractivity contribution is 0.204. The summed E-state index contributed by atoms with van der Waals surface area (Å²) in [6.45, 7) is 17.7. The number of benzene rings is 1. The molecule has 1 aromatic rings. The lowest BCUT2D eigenvalue weighted by atomic mass is 9.71. The van der Waals surface area contributed by atoms with Gasteiger partial charge in [0.05, 0.1) is 0 Å². The predicted molar refractivity (Wildman–Crippen MR) is 88.9 cm³/mol. The Morgan fingerprint density at radius 1 is 0.947 bits per heavy atom. The van der Waals surface area contributed by atoms with Crippen LogP contribution in [-0.2, 0) is 0 Å². The predicted octanol–water partition coefficient (Wildman–Crippen LogP) is 6.04. The number of hydrogen-bond donors (Lipinski definition) is 1. The quantitative estimate of drug-likeness (QED) is 0.683. The van der Waals surface area contributed by atoms with E-state index in [1.54, 1.807) is 0 Å². The lowest BCUT2D eigenvalue weighted by Gasteiger charge is -2.43. The minimum atomic E-state index is 0.0955. The first-order chi connectivity index (χ1) is 8.78. The van der Waals surface area contributed by atoms with E-state index in [9.17, 15) is 0 Å². The Morgan fingerprint density at radius 2 is 1.42 bits per heavy atom. The van der Waals surface area contributed by atoms with Gasteiger partial charge in [-0.1, -0.05) is 58.7 Å². The van der Waals surface area contributed by atoms with Crippen LogP contribution in [0.5, 0.6) is 0 Å². The summed E-state index contributed by atoms with van der Waals surface area (Å²) in [7, 11) is 0. The summed E-state index contributed by atoms with van der Waals surface area (Å²) in [5, 5.41) is 3.67. The molecule has 1 N–H and O–H groups in total. The van der Waals surface area contributed by atoms with Gasteiger partial charge in [-0.2, -0.15) is 0 Å². The first kappa shape index (κ1) is 18.0. The van der Waals surface area contributed by atoms with Crippen molar-refractivity contribution in [3.05, 3.63) is 29.8 Å². The van der Waals surface area contributed by atoms with E-state index in [1.807, 2.05) is 13.8 Å². The molecule has 110 valence electrons. The van der Waals surface area contributed by atoms with Gasteiger partial charge in [0.2, 0.25) is 0 Å². The zero-order chi connectivity index (χ0) is 15.1. The van der Waals surface area contributed by atoms with Crippen molar-refractivity contribution in [2.75, 3.05) is 5.32 Å². The molecule has 0 atom stereocenters. The average molecular weight is 263 g/mol. The van der Waals surface area contributed by atoms with E-state index in [0.717, 1.165) is 0 Å². The van der Waals surface area contributed by atoms with Gasteiger partial charge in [-0.3, -0.25) is 0 Å². The smallest absolute Gasteiger partial charge is 0.0368 e. The normalized spacial score (nSPS) is 11.6. The van der Waals surface area contributed by atoms with E-state index >= 15 is 0 Å². The van der Waals surface area contributed by atoms with Crippen LogP contribution in [0.4, 0.5) is 5.69 Å². The highest BCUT2D eigenvalue weighted by atomic mass is 15.0. The third kappa shape index (κ3) is 5.26. The standard InChI is InChI=1S/C16H27N.C2H6/c1-7-12-15(3,4)16(5,6)17-14-10-8-13(2)9-11-14;1-2/h8-11,17H,7,12H2,1-6H3;1-2H3. The molecule has 1 nitrogen and oxygen atoms in total. The molecule has 0 aliphatic heterocycles. The number of rotatable bonds is 5. The van der Waals surface area contributed by atoms with Gasteiger partial charge in [0, 0.05) is 11.2 Å². The lowest BCUT2D eigenvalue weighted by Crippen LogP contribution is -2.45. The minimum absolute atomic E-state index is 0.0955. The fourth-order valence-electron chi connectivity index (χ4n) is 2.10. The molecule has 19 heavy (non-hydrogen) atoms. The number of aryl methyl sites for hydroxylation is 1. The zero-order valence-corrected chi connectivity index (χ0v) is 14.2. The molecule has 0 amide bonds. The molecule has 0 saturated heterocycles. The summed E-state index contributed by atoms with van der Waals surface area (Å²) >= 11 is 0. The van der Waals surface area contributed by atoms with E-state index in [-0.39, 0.29) is 11.0 Å². The maximum Gasteiger partial charge on any atom is 0.0368 e. The molecule has 0 unspecified atom stereocenters. The molecule has 0 saturated carbocycles. The monoisotopic (exact) mass is 263 g/mol. The summed E-state index contributed by atoms with van der Waals surface area (Å²) in [5.41, 5.74) is 2.90. The van der Waals surface area contributed by atoms with Gasteiger partial charge in [-0.25, -0.2) is 0 Å². The van der Waals surface area contributed by atoms with Gasteiger partial charge in [0.15, 0.2) is 0 Å². The summed E-state index contributed by atoms with van der Waals surface area (Å²) in [5.74, 6) is 0. The Bertz CT molecular complexity index is 346. The van der Waals surface area contributed by atoms with Gasteiger partial charge < -0.3 is 5.32 Å². The SMILES string of the molecule is CC.CCCC(C)(C)C(C)(C)Nc1ccc(C)cc1. The highest BCUT2D eigenvalue weighted by Crippen LogP contribution is 2.37. The van der Waals surface area contributed by atoms with Crippen LogP contribution in [0.15, 0.2) is 24.3 Å². The molecular formula is C18H33N. The topological polar surface area (TPSA) is 12.0 Å². The summed E-state index contributed by atoms with van der Waals surface area (Å²) in [6.07, 6.45) is 2.46. The van der Waals surface area contributed by atoms with Crippen LogP contribution >= 0.6 is 0 Å². The molecule has 1 heteroatoms. The van der Waals surface area contributed by atoms with Crippen LogP contribution in [0.3, 0.4) is 0 Å². The van der Waals surface area contributed by atoms with Gasteiger partial charge in [-0.15, -0.1) is 0 Å². The van der Waals surface area contributed by atoms with E-state index in [1.165, 1.54) is 24.1 Å². The van der Waals surface area contributed by atoms with E-state index in [4.69, 9.17) is 0 Å². The van der Waals surface area contributed by atoms with Crippen LogP contribution in [0.1, 0.15) is 66.9 Å². The molecular weight excluding hydrogens is 230 g/mol. The van der Waals surface area contributed by atoms with Gasteiger partial charge in [-0.05, 0) is 44.7 Å². The number of anilines is 1. The van der Waals surface area contributed by atoms with Crippen LogP contribution in [0.25, 0.3) is 0 Å². The largest absolute Gasteiger partial charge is 0.380 e. The summed E-state index contributed by atoms with van der Waals surface area (Å²) < 4.78 is 0. The Labute approximate surface area is 120 Å². The number of nitrogens with one attached hydrogen (secondary N) is 1. The molecule has 1 rings (SSSR count). The van der Waals surface area contributed by atoms with Crippen LogP contribution in [-0.4, -0.2) is 5.54 Å². The van der Waals surface area contributed by atoms with Crippen molar-refractivity contribution < 1.29 is 0 Å². The second-order valence-electron chi connectivity index (χ2n) is 6.25. The Kier molecular flexibility index (Phi) is 7.18. The Balaban J connectivity index is 0.00000154. The minimum Gasteiger partial charge on any atom is -0.380 e. The van der Waals surface area contributed by atoms with Crippen molar-refractivity contribution in [1.29, 1.82) is 0 Å². The first-order valence-electron chi connectivity index (χ1n) is 7.63. The maximum atomic E-state index is 3.67. The summed E-state index contributed by atoms with van der Waals surface area (Å²) in [4.78, 5) is 0. The Hall–Kier alpha value is -0.980. The van der Waals surface area contributed by atoms with Crippen LogP contribution < -0.4 is 5.32 Å². The van der Waals surface area contributed by atoms with Crippen molar-refractivity contribution >= 4 is 5.69 Å². The molecule has 0 spiro atoms. The van der Waals surface area contributed by atoms with Crippen LogP contribution in [0, 0.1) is 12.3 Å². The van der Waals surface area contributed by atoms with Crippen molar-refractivity contribution in [2.24, 2.45) is 5.41 Å². The van der Waals surface area contributed by atoms with Crippen molar-refractivity contribution in [3.8, 4) is 0 Å². The highest BCUT2D eigenvalue weighted by Gasteiger charge is 2.35. The highest BCUT2D eigenvalue weighted by molar-refractivity contribution is 5.46. The molecule has 0 aliphatic rings. The second kappa shape index (κ2) is 7.57. The maximum absolute atomic E-state index is 3.67. The molecule has 0 aromatic heterocycles. The zero-order valence-electron chi connectivity index (χ0n) is 14.2. The van der Waals surface area contributed by atoms with Gasteiger partial charge in [0.25, 0.3) is 0 Å². The molecule has 1 aromatic carbocycles. The van der Waals surface area contributed by atoms with Crippen molar-refractivity contribution in [3.63, 3.8) is 0 Å². The molecule has 0 bridgehead atoms. The molecule has 0 fully saturated rings. The molecule has 0 heterocycles. The van der Waals surface area contributed by atoms with E-state index < -0.39 is 0 Å². The Morgan fingerprint density at radius 3 is 1.84 bits per heavy atom. The molecule has 0 radical (unpaired) electrons. The average Bonchev–Trinajstić information content (AvgIpc) is 2.34. The van der Waals surface area contributed by atoms with Crippen LogP contribution in [0.2, 0.25) is 0 Å². The van der Waals surface area contributed by atoms with Gasteiger partial charge >= 0.3 is 0 Å².